The van der Waals surface area contributed by atoms with Gasteiger partial charge in [-0.3, -0.25) is 4.79 Å². The van der Waals surface area contributed by atoms with Gasteiger partial charge in [0, 0.05) is 29.5 Å². The van der Waals surface area contributed by atoms with E-state index in [0.717, 1.165) is 22.5 Å². The van der Waals surface area contributed by atoms with Gasteiger partial charge in [-0.25, -0.2) is 4.98 Å². The maximum absolute atomic E-state index is 11.4. The number of nitrogens with zero attached hydrogens (tertiary/aromatic N) is 1. The molecule has 96 valence electrons. The molecule has 18 heavy (non-hydrogen) atoms. The molecule has 0 saturated carbocycles. The Kier molecular flexibility index (Phi) is 3.23. The Hall–Kier alpha value is -2.04. The van der Waals surface area contributed by atoms with Crippen molar-refractivity contribution in [2.75, 3.05) is 11.9 Å². The minimum atomic E-state index is -0.408. The van der Waals surface area contributed by atoms with Crippen LogP contribution >= 0.6 is 0 Å². The van der Waals surface area contributed by atoms with E-state index in [1.165, 1.54) is 0 Å². The number of amides is 1. The Morgan fingerprint density at radius 2 is 2.28 bits per heavy atom. The zero-order valence-electron chi connectivity index (χ0n) is 10.8. The lowest BCUT2D eigenvalue weighted by molar-refractivity contribution is -0.114. The minimum absolute atomic E-state index is 0.408. The molecule has 0 aromatic carbocycles. The molecule has 0 saturated heterocycles. The maximum atomic E-state index is 11.4. The van der Waals surface area contributed by atoms with E-state index in [0.29, 0.717) is 24.5 Å². The summed E-state index contributed by atoms with van der Waals surface area (Å²) in [4.78, 5) is 15.7. The topological polar surface area (TPSA) is 77.2 Å². The van der Waals surface area contributed by atoms with Gasteiger partial charge in [-0.15, -0.1) is 0 Å². The van der Waals surface area contributed by atoms with E-state index in [1.54, 1.807) is 6.20 Å². The van der Waals surface area contributed by atoms with Crippen LogP contribution in [0.25, 0.3) is 0 Å². The number of primary amides is 1. The van der Waals surface area contributed by atoms with Gasteiger partial charge < -0.3 is 15.8 Å². The van der Waals surface area contributed by atoms with Crippen LogP contribution in [0.5, 0.6) is 5.88 Å². The fourth-order valence-corrected chi connectivity index (χ4v) is 2.09. The molecule has 0 bridgehead atoms. The second-order valence-electron chi connectivity index (χ2n) is 4.30. The van der Waals surface area contributed by atoms with Gasteiger partial charge in [-0.05, 0) is 26.3 Å². The number of aryl methyl sites for hydroxylation is 1. The van der Waals surface area contributed by atoms with Gasteiger partial charge in [0.25, 0.3) is 0 Å². The van der Waals surface area contributed by atoms with E-state index >= 15 is 0 Å². The molecule has 3 N–H and O–H groups in total. The molecule has 2 rings (SSSR count). The highest BCUT2D eigenvalue weighted by molar-refractivity contribution is 5.95. The monoisotopic (exact) mass is 247 g/mol. The van der Waals surface area contributed by atoms with Gasteiger partial charge in [0.1, 0.15) is 0 Å². The molecule has 1 aliphatic heterocycles. The highest BCUT2D eigenvalue weighted by Crippen LogP contribution is 2.35. The van der Waals surface area contributed by atoms with Gasteiger partial charge in [-0.2, -0.15) is 0 Å². The quantitative estimate of drug-likeness (QED) is 0.848. The van der Waals surface area contributed by atoms with E-state index in [4.69, 9.17) is 10.5 Å². The summed E-state index contributed by atoms with van der Waals surface area (Å²) in [7, 11) is 0. The van der Waals surface area contributed by atoms with Crippen molar-refractivity contribution in [2.24, 2.45) is 5.73 Å². The molecule has 0 aliphatic carbocycles. The van der Waals surface area contributed by atoms with E-state index in [2.05, 4.69) is 10.3 Å². The Bertz CT molecular complexity index is 535. The maximum Gasteiger partial charge on any atom is 0.246 e. The molecule has 1 amide bonds. The van der Waals surface area contributed by atoms with Gasteiger partial charge >= 0.3 is 0 Å². The zero-order chi connectivity index (χ0) is 13.3. The summed E-state index contributed by atoms with van der Waals surface area (Å²) in [6.45, 7) is 6.26. The van der Waals surface area contributed by atoms with Crippen molar-refractivity contribution in [1.82, 2.24) is 4.98 Å². The average Bonchev–Trinajstić information content (AvgIpc) is 2.32. The summed E-state index contributed by atoms with van der Waals surface area (Å²) in [6, 6.07) is 0. The predicted octanol–water partition coefficient (Wildman–Crippen LogP) is 1.52. The van der Waals surface area contributed by atoms with Crippen LogP contribution in [0.1, 0.15) is 25.0 Å². The number of pyridine rings is 1. The molecule has 5 nitrogen and oxygen atoms in total. The summed E-state index contributed by atoms with van der Waals surface area (Å²) in [5.41, 5.74) is 9.65. The van der Waals surface area contributed by atoms with Crippen molar-refractivity contribution in [3.05, 3.63) is 28.6 Å². The number of allylic oxidation sites excluding steroid dienone is 1. The number of carbonyl (C=O) groups is 1. The lowest BCUT2D eigenvalue weighted by Crippen LogP contribution is -2.24. The van der Waals surface area contributed by atoms with Crippen LogP contribution in [-0.2, 0) is 11.2 Å². The number of hydrogen-bond donors (Lipinski definition) is 2. The Labute approximate surface area is 106 Å². The number of nitrogens with two attached hydrogens (primary N) is 1. The molecule has 0 fully saturated rings. The van der Waals surface area contributed by atoms with Crippen molar-refractivity contribution in [2.45, 2.75) is 27.2 Å². The molecular formula is C13H17N3O2. The first-order chi connectivity index (χ1) is 8.54. The number of hydrogen-bond acceptors (Lipinski definition) is 4. The van der Waals surface area contributed by atoms with Gasteiger partial charge in [0.15, 0.2) is 0 Å². The first kappa shape index (κ1) is 12.4. The largest absolute Gasteiger partial charge is 0.478 e. The summed E-state index contributed by atoms with van der Waals surface area (Å²) in [5, 5.41) is 3.22. The smallest absolute Gasteiger partial charge is 0.246 e. The van der Waals surface area contributed by atoms with Crippen LogP contribution in [-0.4, -0.2) is 17.5 Å². The van der Waals surface area contributed by atoms with Gasteiger partial charge in [0.2, 0.25) is 11.8 Å². The molecule has 0 unspecified atom stereocenters. The summed E-state index contributed by atoms with van der Waals surface area (Å²) in [5.74, 6) is 0.159. The number of fused-ring (bicyclic) bond motifs is 1. The van der Waals surface area contributed by atoms with E-state index in [-0.39, 0.29) is 0 Å². The SMILES string of the molecule is CCOc1ncc(C)c2c1CC(C(N)=O)=C(C)N2. The minimum Gasteiger partial charge on any atom is -0.478 e. The van der Waals surface area contributed by atoms with Crippen molar-refractivity contribution in [3.63, 3.8) is 0 Å². The third-order valence-corrected chi connectivity index (χ3v) is 3.03. The normalized spacial score (nSPS) is 13.9. The Morgan fingerprint density at radius 3 is 2.89 bits per heavy atom. The predicted molar refractivity (Wildman–Crippen MR) is 69.4 cm³/mol. The number of carbonyl (C=O) groups excluding carboxylic acids is 1. The first-order valence-electron chi connectivity index (χ1n) is 5.92. The number of rotatable bonds is 3. The Morgan fingerprint density at radius 1 is 1.56 bits per heavy atom. The summed E-state index contributed by atoms with van der Waals surface area (Å²) in [6.07, 6.45) is 2.23. The first-order valence-corrected chi connectivity index (χ1v) is 5.92. The van der Waals surface area contributed by atoms with Crippen LogP contribution in [0.15, 0.2) is 17.5 Å². The average molecular weight is 247 g/mol. The number of anilines is 1. The molecule has 1 aromatic rings. The van der Waals surface area contributed by atoms with E-state index < -0.39 is 5.91 Å². The zero-order valence-corrected chi connectivity index (χ0v) is 10.8. The summed E-state index contributed by atoms with van der Waals surface area (Å²) >= 11 is 0. The van der Waals surface area contributed by atoms with Crippen LogP contribution in [0, 0.1) is 6.92 Å². The third-order valence-electron chi connectivity index (χ3n) is 3.03. The van der Waals surface area contributed by atoms with Gasteiger partial charge in [-0.1, -0.05) is 0 Å². The standard InChI is InChI=1S/C13H17N3O2/c1-4-18-13-10-5-9(12(14)17)8(3)16-11(10)7(2)6-15-13/h6,16H,4-5H2,1-3H3,(H2,14,17). The molecule has 1 aromatic heterocycles. The molecule has 1 aliphatic rings. The summed E-state index contributed by atoms with van der Waals surface area (Å²) < 4.78 is 5.50. The van der Waals surface area contributed by atoms with E-state index in [1.807, 2.05) is 20.8 Å². The number of ether oxygens (including phenoxy) is 1. The third kappa shape index (κ3) is 2.03. The second-order valence-corrected chi connectivity index (χ2v) is 4.30. The molecular weight excluding hydrogens is 230 g/mol. The molecule has 0 radical (unpaired) electrons. The molecule has 0 spiro atoms. The van der Waals surface area contributed by atoms with Crippen LogP contribution in [0.4, 0.5) is 5.69 Å². The van der Waals surface area contributed by atoms with Crippen LogP contribution in [0.2, 0.25) is 0 Å². The lowest BCUT2D eigenvalue weighted by Gasteiger charge is -2.24. The second kappa shape index (κ2) is 4.68. The van der Waals surface area contributed by atoms with E-state index in [9.17, 15) is 4.79 Å². The van der Waals surface area contributed by atoms with Crippen molar-refractivity contribution >= 4 is 11.6 Å². The fraction of sp³-hybridized carbons (Fsp3) is 0.385. The van der Waals surface area contributed by atoms with Crippen molar-refractivity contribution in [3.8, 4) is 5.88 Å². The highest BCUT2D eigenvalue weighted by Gasteiger charge is 2.24. The molecule has 5 heteroatoms. The Balaban J connectivity index is 2.50. The lowest BCUT2D eigenvalue weighted by atomic mass is 9.96. The van der Waals surface area contributed by atoms with Crippen LogP contribution < -0.4 is 15.8 Å². The number of aromatic nitrogens is 1. The molecule has 0 atom stereocenters. The molecule has 2 heterocycles. The van der Waals surface area contributed by atoms with Crippen molar-refractivity contribution < 1.29 is 9.53 Å². The van der Waals surface area contributed by atoms with Crippen LogP contribution in [0.3, 0.4) is 0 Å². The van der Waals surface area contributed by atoms with Crippen molar-refractivity contribution in [1.29, 1.82) is 0 Å². The highest BCUT2D eigenvalue weighted by atomic mass is 16.5. The van der Waals surface area contributed by atoms with Gasteiger partial charge in [0.05, 0.1) is 12.3 Å². The number of nitrogens with one attached hydrogen (secondary N) is 1. The fourth-order valence-electron chi connectivity index (χ4n) is 2.09.